The number of benzene rings is 4. The summed E-state index contributed by atoms with van der Waals surface area (Å²) in [5, 5.41) is 5.08. The van der Waals surface area contributed by atoms with Gasteiger partial charge in [0.25, 0.3) is 8.32 Å². The third-order valence-corrected chi connectivity index (χ3v) is 9.95. The predicted molar refractivity (Wildman–Crippen MR) is 139 cm³/mol. The van der Waals surface area contributed by atoms with Crippen molar-refractivity contribution < 1.29 is 4.43 Å². The summed E-state index contributed by atoms with van der Waals surface area (Å²) in [5.74, 6) is 0. The standard InChI is InChI=1S/C30H27NOSi/c1-33(27-18-6-3-7-19-27,30-21-12-16-24-13-8-9-20-28(24)30)32-29(25-14-4-2-5-15-25)23-26-17-10-11-22-31-26/h2-22,29H,23H2,1H3/t29-,33-/m0/s1. The van der Waals surface area contributed by atoms with Crippen molar-refractivity contribution in [2.75, 3.05) is 0 Å². The Balaban J connectivity index is 1.66. The zero-order chi connectivity index (χ0) is 22.5. The summed E-state index contributed by atoms with van der Waals surface area (Å²) in [4.78, 5) is 4.60. The van der Waals surface area contributed by atoms with E-state index in [1.54, 1.807) is 0 Å². The van der Waals surface area contributed by atoms with Crippen LogP contribution in [0.2, 0.25) is 6.55 Å². The van der Waals surface area contributed by atoms with Crippen LogP contribution in [0, 0.1) is 0 Å². The van der Waals surface area contributed by atoms with E-state index in [4.69, 9.17) is 4.43 Å². The summed E-state index contributed by atoms with van der Waals surface area (Å²) in [7, 11) is -2.59. The Labute approximate surface area is 196 Å². The maximum atomic E-state index is 7.31. The third-order valence-electron chi connectivity index (χ3n) is 6.30. The van der Waals surface area contributed by atoms with Gasteiger partial charge in [0, 0.05) is 18.3 Å². The summed E-state index contributed by atoms with van der Waals surface area (Å²) in [6.45, 7) is 2.33. The molecule has 0 saturated carbocycles. The quantitative estimate of drug-likeness (QED) is 0.290. The molecule has 0 unspecified atom stereocenters. The van der Waals surface area contributed by atoms with E-state index in [0.717, 1.165) is 12.1 Å². The summed E-state index contributed by atoms with van der Waals surface area (Å²) in [5.41, 5.74) is 2.21. The van der Waals surface area contributed by atoms with Gasteiger partial charge in [-0.25, -0.2) is 0 Å². The number of hydrogen-bond donors (Lipinski definition) is 0. The number of fused-ring (bicyclic) bond motifs is 1. The van der Waals surface area contributed by atoms with Crippen molar-refractivity contribution in [3.8, 4) is 0 Å². The highest BCUT2D eigenvalue weighted by Gasteiger charge is 2.38. The third kappa shape index (κ3) is 4.51. The first kappa shape index (κ1) is 21.3. The van der Waals surface area contributed by atoms with Crippen LogP contribution in [0.4, 0.5) is 0 Å². The molecule has 0 aliphatic heterocycles. The van der Waals surface area contributed by atoms with Crippen molar-refractivity contribution in [2.45, 2.75) is 19.1 Å². The Kier molecular flexibility index (Phi) is 6.16. The van der Waals surface area contributed by atoms with E-state index in [1.807, 2.05) is 18.3 Å². The van der Waals surface area contributed by atoms with E-state index in [0.29, 0.717) is 0 Å². The lowest BCUT2D eigenvalue weighted by atomic mass is 10.0. The molecule has 0 saturated heterocycles. The average Bonchev–Trinajstić information content (AvgIpc) is 2.89. The van der Waals surface area contributed by atoms with Crippen LogP contribution in [-0.2, 0) is 10.8 Å². The molecule has 5 rings (SSSR count). The molecule has 3 heteroatoms. The molecule has 1 aromatic heterocycles. The Morgan fingerprint density at radius 3 is 2.12 bits per heavy atom. The molecule has 1 heterocycles. The molecule has 0 N–H and O–H groups in total. The van der Waals surface area contributed by atoms with Crippen LogP contribution in [0.25, 0.3) is 10.8 Å². The van der Waals surface area contributed by atoms with Crippen molar-refractivity contribution in [3.63, 3.8) is 0 Å². The molecule has 2 atom stereocenters. The minimum atomic E-state index is -2.59. The van der Waals surface area contributed by atoms with Crippen LogP contribution in [-0.4, -0.2) is 13.3 Å². The largest absolute Gasteiger partial charge is 0.401 e. The van der Waals surface area contributed by atoms with E-state index in [9.17, 15) is 0 Å². The fraction of sp³-hybridized carbons (Fsp3) is 0.100. The molecule has 0 radical (unpaired) electrons. The van der Waals surface area contributed by atoms with E-state index in [2.05, 4.69) is 121 Å². The van der Waals surface area contributed by atoms with E-state index in [-0.39, 0.29) is 6.10 Å². The van der Waals surface area contributed by atoms with Crippen LogP contribution in [0.3, 0.4) is 0 Å². The van der Waals surface area contributed by atoms with E-state index in [1.165, 1.54) is 26.7 Å². The van der Waals surface area contributed by atoms with Gasteiger partial charge in [-0.3, -0.25) is 4.98 Å². The molecule has 0 bridgehead atoms. The van der Waals surface area contributed by atoms with Gasteiger partial charge in [0.05, 0.1) is 6.10 Å². The molecule has 2 nitrogen and oxygen atoms in total. The summed E-state index contributed by atoms with van der Waals surface area (Å²) < 4.78 is 7.31. The van der Waals surface area contributed by atoms with Gasteiger partial charge in [-0.05, 0) is 45.4 Å². The second kappa shape index (κ2) is 9.53. The van der Waals surface area contributed by atoms with Crippen molar-refractivity contribution in [2.24, 2.45) is 0 Å². The van der Waals surface area contributed by atoms with Crippen LogP contribution in [0.1, 0.15) is 17.4 Å². The normalized spacial score (nSPS) is 14.0. The molecule has 0 aliphatic rings. The predicted octanol–water partition coefficient (Wildman–Crippen LogP) is 5.92. The number of hydrogen-bond acceptors (Lipinski definition) is 2. The van der Waals surface area contributed by atoms with Crippen molar-refractivity contribution >= 4 is 29.5 Å². The fourth-order valence-corrected chi connectivity index (χ4v) is 7.92. The lowest BCUT2D eigenvalue weighted by Gasteiger charge is -2.34. The summed E-state index contributed by atoms with van der Waals surface area (Å²) >= 11 is 0. The molecule has 0 aliphatic carbocycles. The molecular weight excluding hydrogens is 418 g/mol. The van der Waals surface area contributed by atoms with Crippen LogP contribution in [0.5, 0.6) is 0 Å². The Morgan fingerprint density at radius 1 is 0.697 bits per heavy atom. The zero-order valence-electron chi connectivity index (χ0n) is 18.8. The number of nitrogens with zero attached hydrogens (tertiary/aromatic N) is 1. The average molecular weight is 446 g/mol. The Hall–Kier alpha value is -3.53. The van der Waals surface area contributed by atoms with Crippen molar-refractivity contribution in [1.82, 2.24) is 4.98 Å². The van der Waals surface area contributed by atoms with Gasteiger partial charge >= 0.3 is 0 Å². The second-order valence-corrected chi connectivity index (χ2v) is 11.9. The summed E-state index contributed by atoms with van der Waals surface area (Å²) in [6, 6.07) is 42.6. The van der Waals surface area contributed by atoms with Gasteiger partial charge in [-0.2, -0.15) is 0 Å². The topological polar surface area (TPSA) is 22.1 Å². The Morgan fingerprint density at radius 2 is 1.36 bits per heavy atom. The first-order valence-corrected chi connectivity index (χ1v) is 13.8. The SMILES string of the molecule is C[Si@](O[C@@H](Cc1ccccn1)c1ccccc1)(c1ccccc1)c1cccc2ccccc12. The zero-order valence-corrected chi connectivity index (χ0v) is 19.8. The van der Waals surface area contributed by atoms with E-state index < -0.39 is 8.32 Å². The maximum absolute atomic E-state index is 7.31. The first-order chi connectivity index (χ1) is 16.2. The van der Waals surface area contributed by atoms with E-state index >= 15 is 0 Å². The fourth-order valence-electron chi connectivity index (χ4n) is 4.57. The molecule has 5 aromatic rings. The van der Waals surface area contributed by atoms with Crippen molar-refractivity contribution in [3.05, 3.63) is 139 Å². The molecule has 0 fully saturated rings. The lowest BCUT2D eigenvalue weighted by molar-refractivity contribution is 0.203. The van der Waals surface area contributed by atoms with Gasteiger partial charge in [0.15, 0.2) is 0 Å². The number of rotatable bonds is 7. The van der Waals surface area contributed by atoms with Crippen LogP contribution in [0.15, 0.2) is 128 Å². The number of pyridine rings is 1. The minimum absolute atomic E-state index is 0.100. The van der Waals surface area contributed by atoms with Crippen molar-refractivity contribution in [1.29, 1.82) is 0 Å². The summed E-state index contributed by atoms with van der Waals surface area (Å²) in [6.07, 6.45) is 2.48. The first-order valence-electron chi connectivity index (χ1n) is 11.4. The lowest BCUT2D eigenvalue weighted by Crippen LogP contribution is -2.59. The van der Waals surface area contributed by atoms with Gasteiger partial charge in [0.1, 0.15) is 0 Å². The highest BCUT2D eigenvalue weighted by Crippen LogP contribution is 2.27. The molecule has 162 valence electrons. The molecule has 0 amide bonds. The highest BCUT2D eigenvalue weighted by atomic mass is 28.4. The Bertz CT molecular complexity index is 1320. The molecule has 33 heavy (non-hydrogen) atoms. The second-order valence-electron chi connectivity index (χ2n) is 8.47. The smallest absolute Gasteiger partial charge is 0.254 e. The molecule has 0 spiro atoms. The van der Waals surface area contributed by atoms with Crippen LogP contribution >= 0.6 is 0 Å². The minimum Gasteiger partial charge on any atom is -0.401 e. The van der Waals surface area contributed by atoms with Gasteiger partial charge in [0.2, 0.25) is 0 Å². The maximum Gasteiger partial charge on any atom is 0.254 e. The number of aromatic nitrogens is 1. The molecule has 4 aromatic carbocycles. The monoisotopic (exact) mass is 445 g/mol. The highest BCUT2D eigenvalue weighted by molar-refractivity contribution is 6.98. The van der Waals surface area contributed by atoms with Gasteiger partial charge in [-0.1, -0.05) is 109 Å². The van der Waals surface area contributed by atoms with Gasteiger partial charge in [-0.15, -0.1) is 0 Å². The molecular formula is C30H27NOSi. The van der Waals surface area contributed by atoms with Crippen LogP contribution < -0.4 is 10.4 Å². The van der Waals surface area contributed by atoms with Gasteiger partial charge < -0.3 is 4.43 Å².